The third-order valence-corrected chi connectivity index (χ3v) is 3.19. The molecule has 84 valence electrons. The Balaban J connectivity index is 2.48. The molecule has 2 heterocycles. The van der Waals surface area contributed by atoms with Crippen molar-refractivity contribution < 1.29 is 9.53 Å². The minimum absolute atomic E-state index is 0.318. The SMILES string of the molecule is CCOC(=O)c1ccn2c(Br)c(C)nc2c1. The number of hydrogen-bond donors (Lipinski definition) is 0. The number of esters is 1. The molecule has 0 amide bonds. The highest BCUT2D eigenvalue weighted by Crippen LogP contribution is 2.19. The first-order valence-electron chi connectivity index (χ1n) is 4.94. The van der Waals surface area contributed by atoms with E-state index in [2.05, 4.69) is 20.9 Å². The Hall–Kier alpha value is -1.36. The number of rotatable bonds is 2. The summed E-state index contributed by atoms with van der Waals surface area (Å²) in [6, 6.07) is 3.44. The van der Waals surface area contributed by atoms with E-state index in [0.717, 1.165) is 15.9 Å². The van der Waals surface area contributed by atoms with E-state index in [4.69, 9.17) is 4.74 Å². The molecule has 0 unspecified atom stereocenters. The van der Waals surface area contributed by atoms with Crippen LogP contribution in [0.2, 0.25) is 0 Å². The molecule has 0 aliphatic rings. The summed E-state index contributed by atoms with van der Waals surface area (Å²) in [6.45, 7) is 4.06. The molecule has 4 nitrogen and oxygen atoms in total. The van der Waals surface area contributed by atoms with Crippen molar-refractivity contribution in [1.29, 1.82) is 0 Å². The van der Waals surface area contributed by atoms with Crippen LogP contribution < -0.4 is 0 Å². The van der Waals surface area contributed by atoms with Gasteiger partial charge in [-0.15, -0.1) is 0 Å². The monoisotopic (exact) mass is 282 g/mol. The van der Waals surface area contributed by atoms with E-state index in [9.17, 15) is 4.79 Å². The van der Waals surface area contributed by atoms with E-state index >= 15 is 0 Å². The Morgan fingerprint density at radius 2 is 2.38 bits per heavy atom. The van der Waals surface area contributed by atoms with E-state index in [-0.39, 0.29) is 5.97 Å². The summed E-state index contributed by atoms with van der Waals surface area (Å²) in [7, 11) is 0. The van der Waals surface area contributed by atoms with Crippen molar-refractivity contribution in [3.05, 3.63) is 34.2 Å². The lowest BCUT2D eigenvalue weighted by Gasteiger charge is -2.02. The van der Waals surface area contributed by atoms with Crippen LogP contribution in [0.5, 0.6) is 0 Å². The second-order valence-electron chi connectivity index (χ2n) is 3.35. The highest BCUT2D eigenvalue weighted by atomic mass is 79.9. The van der Waals surface area contributed by atoms with Crippen molar-refractivity contribution in [3.8, 4) is 0 Å². The second kappa shape index (κ2) is 4.25. The number of aryl methyl sites for hydroxylation is 1. The van der Waals surface area contributed by atoms with Gasteiger partial charge in [-0.05, 0) is 41.9 Å². The van der Waals surface area contributed by atoms with Gasteiger partial charge in [-0.25, -0.2) is 9.78 Å². The lowest BCUT2D eigenvalue weighted by Crippen LogP contribution is -2.05. The maximum absolute atomic E-state index is 11.5. The number of fused-ring (bicyclic) bond motifs is 1. The highest BCUT2D eigenvalue weighted by Gasteiger charge is 2.10. The molecule has 0 saturated heterocycles. The lowest BCUT2D eigenvalue weighted by atomic mass is 10.3. The summed E-state index contributed by atoms with van der Waals surface area (Å²) in [4.78, 5) is 15.8. The number of aromatic nitrogens is 2. The van der Waals surface area contributed by atoms with Gasteiger partial charge in [0.1, 0.15) is 10.3 Å². The van der Waals surface area contributed by atoms with Gasteiger partial charge in [0.15, 0.2) is 0 Å². The van der Waals surface area contributed by atoms with E-state index in [0.29, 0.717) is 12.2 Å². The van der Waals surface area contributed by atoms with Crippen molar-refractivity contribution in [2.75, 3.05) is 6.61 Å². The van der Waals surface area contributed by atoms with Crippen molar-refractivity contribution in [2.24, 2.45) is 0 Å². The number of hydrogen-bond acceptors (Lipinski definition) is 3. The zero-order valence-corrected chi connectivity index (χ0v) is 10.6. The number of pyridine rings is 1. The fourth-order valence-corrected chi connectivity index (χ4v) is 1.86. The van der Waals surface area contributed by atoms with Crippen LogP contribution in [0.25, 0.3) is 5.65 Å². The Labute approximate surface area is 101 Å². The van der Waals surface area contributed by atoms with Crippen LogP contribution >= 0.6 is 15.9 Å². The van der Waals surface area contributed by atoms with E-state index in [1.165, 1.54) is 0 Å². The molecule has 0 saturated carbocycles. The Bertz CT molecular complexity index is 548. The summed E-state index contributed by atoms with van der Waals surface area (Å²) in [5, 5.41) is 0. The van der Waals surface area contributed by atoms with Crippen molar-refractivity contribution in [3.63, 3.8) is 0 Å². The molecule has 0 spiro atoms. The Kier molecular flexibility index (Phi) is 2.96. The largest absolute Gasteiger partial charge is 0.462 e. The van der Waals surface area contributed by atoms with Gasteiger partial charge in [-0.1, -0.05) is 0 Å². The number of ether oxygens (including phenoxy) is 1. The summed E-state index contributed by atoms with van der Waals surface area (Å²) in [6.07, 6.45) is 1.80. The van der Waals surface area contributed by atoms with E-state index in [1.54, 1.807) is 25.3 Å². The van der Waals surface area contributed by atoms with Gasteiger partial charge in [-0.3, -0.25) is 4.40 Å². The normalized spacial score (nSPS) is 10.7. The molecule has 0 fully saturated rings. The summed E-state index contributed by atoms with van der Waals surface area (Å²) >= 11 is 3.43. The van der Waals surface area contributed by atoms with Gasteiger partial charge in [0.2, 0.25) is 0 Å². The number of carbonyl (C=O) groups is 1. The number of imidazole rings is 1. The molecule has 0 aliphatic carbocycles. The smallest absolute Gasteiger partial charge is 0.338 e. The zero-order chi connectivity index (χ0) is 11.7. The molecule has 0 aliphatic heterocycles. The molecule has 2 aromatic rings. The molecule has 0 aromatic carbocycles. The second-order valence-corrected chi connectivity index (χ2v) is 4.10. The summed E-state index contributed by atoms with van der Waals surface area (Å²) < 4.78 is 7.70. The first-order chi connectivity index (χ1) is 7.63. The topological polar surface area (TPSA) is 43.6 Å². The van der Waals surface area contributed by atoms with Crippen LogP contribution in [0.15, 0.2) is 22.9 Å². The Morgan fingerprint density at radius 3 is 3.06 bits per heavy atom. The van der Waals surface area contributed by atoms with E-state index in [1.807, 2.05) is 11.3 Å². The maximum Gasteiger partial charge on any atom is 0.338 e. The van der Waals surface area contributed by atoms with Crippen LogP contribution in [0.3, 0.4) is 0 Å². The first-order valence-corrected chi connectivity index (χ1v) is 5.74. The molecule has 5 heteroatoms. The molecule has 0 N–H and O–H groups in total. The predicted molar refractivity (Wildman–Crippen MR) is 63.6 cm³/mol. The van der Waals surface area contributed by atoms with Crippen molar-refractivity contribution >= 4 is 27.5 Å². The number of halogens is 1. The fraction of sp³-hybridized carbons (Fsp3) is 0.273. The predicted octanol–water partition coefficient (Wildman–Crippen LogP) is 2.58. The standard InChI is InChI=1S/C11H11BrN2O2/c1-3-16-11(15)8-4-5-14-9(6-8)13-7(2)10(14)12/h4-6H,3H2,1-2H3. The highest BCUT2D eigenvalue weighted by molar-refractivity contribution is 9.10. The lowest BCUT2D eigenvalue weighted by molar-refractivity contribution is 0.0526. The van der Waals surface area contributed by atoms with Crippen LogP contribution in [0.4, 0.5) is 0 Å². The molecule has 0 atom stereocenters. The number of nitrogens with zero attached hydrogens (tertiary/aromatic N) is 2. The third-order valence-electron chi connectivity index (χ3n) is 2.24. The first kappa shape index (κ1) is 11.1. The zero-order valence-electron chi connectivity index (χ0n) is 9.03. The van der Waals surface area contributed by atoms with Crippen LogP contribution in [-0.2, 0) is 4.74 Å². The molecule has 2 rings (SSSR count). The maximum atomic E-state index is 11.5. The van der Waals surface area contributed by atoms with Crippen molar-refractivity contribution in [1.82, 2.24) is 9.38 Å². The van der Waals surface area contributed by atoms with Gasteiger partial charge in [0.25, 0.3) is 0 Å². The average Bonchev–Trinajstić information content (AvgIpc) is 2.55. The average molecular weight is 283 g/mol. The quantitative estimate of drug-likeness (QED) is 0.796. The van der Waals surface area contributed by atoms with Gasteiger partial charge in [0.05, 0.1) is 17.9 Å². The van der Waals surface area contributed by atoms with Gasteiger partial charge < -0.3 is 4.74 Å². The molecule has 2 aromatic heterocycles. The van der Waals surface area contributed by atoms with Crippen LogP contribution in [0, 0.1) is 6.92 Å². The third kappa shape index (κ3) is 1.82. The molecular weight excluding hydrogens is 272 g/mol. The van der Waals surface area contributed by atoms with Gasteiger partial charge in [0, 0.05) is 6.20 Å². The minimum Gasteiger partial charge on any atom is -0.462 e. The van der Waals surface area contributed by atoms with Crippen LogP contribution in [-0.4, -0.2) is 22.0 Å². The molecule has 0 bridgehead atoms. The minimum atomic E-state index is -0.318. The number of carbonyl (C=O) groups excluding carboxylic acids is 1. The Morgan fingerprint density at radius 1 is 1.62 bits per heavy atom. The van der Waals surface area contributed by atoms with Crippen LogP contribution in [0.1, 0.15) is 23.0 Å². The molecule has 16 heavy (non-hydrogen) atoms. The molecule has 0 radical (unpaired) electrons. The fourth-order valence-electron chi connectivity index (χ4n) is 1.47. The summed E-state index contributed by atoms with van der Waals surface area (Å²) in [5.41, 5.74) is 2.14. The van der Waals surface area contributed by atoms with Gasteiger partial charge >= 0.3 is 5.97 Å². The molecular formula is C11H11BrN2O2. The van der Waals surface area contributed by atoms with Gasteiger partial charge in [-0.2, -0.15) is 0 Å². The summed E-state index contributed by atoms with van der Waals surface area (Å²) in [5.74, 6) is -0.318. The van der Waals surface area contributed by atoms with E-state index < -0.39 is 0 Å². The van der Waals surface area contributed by atoms with Crippen molar-refractivity contribution in [2.45, 2.75) is 13.8 Å².